The van der Waals surface area contributed by atoms with Crippen LogP contribution in [0.4, 0.5) is 5.69 Å². The molecule has 2 heterocycles. The first kappa shape index (κ1) is 23.1. The zero-order valence-electron chi connectivity index (χ0n) is 17.4. The maximum Gasteiger partial charge on any atom is 0.193 e. The Balaban J connectivity index is 0.00000280. The average Bonchev–Trinajstić information content (AvgIpc) is 3.35. The lowest BCUT2D eigenvalue weighted by Crippen LogP contribution is -2.40. The van der Waals surface area contributed by atoms with E-state index in [0.717, 1.165) is 57.6 Å². The Morgan fingerprint density at radius 2 is 2.00 bits per heavy atom. The van der Waals surface area contributed by atoms with Crippen LogP contribution >= 0.6 is 24.0 Å². The van der Waals surface area contributed by atoms with Crippen LogP contribution in [0.2, 0.25) is 0 Å². The Hall–Kier alpha value is -1.22. The highest BCUT2D eigenvalue weighted by Gasteiger charge is 2.26. The summed E-state index contributed by atoms with van der Waals surface area (Å²) in [5, 5.41) is 3.47. The number of likely N-dealkylation sites (tertiary alicyclic amines) is 1. The lowest BCUT2D eigenvalue weighted by atomic mass is 10.1. The van der Waals surface area contributed by atoms with Gasteiger partial charge in [0.1, 0.15) is 5.75 Å². The summed E-state index contributed by atoms with van der Waals surface area (Å²) in [6.07, 6.45) is 2.37. The van der Waals surface area contributed by atoms with Gasteiger partial charge in [0.05, 0.1) is 13.7 Å². The first-order valence-corrected chi connectivity index (χ1v) is 10.1. The number of aliphatic imine (C=N–C) groups is 1. The van der Waals surface area contributed by atoms with Crippen LogP contribution in [-0.2, 0) is 4.74 Å². The smallest absolute Gasteiger partial charge is 0.193 e. The fourth-order valence-corrected chi connectivity index (χ4v) is 4.06. The van der Waals surface area contributed by atoms with Gasteiger partial charge < -0.3 is 24.6 Å². The van der Waals surface area contributed by atoms with E-state index < -0.39 is 0 Å². The third-order valence-electron chi connectivity index (χ3n) is 5.53. The molecule has 0 spiro atoms. The Morgan fingerprint density at radius 1 is 1.18 bits per heavy atom. The maximum absolute atomic E-state index is 5.36. The van der Waals surface area contributed by atoms with Crippen molar-refractivity contribution in [2.75, 3.05) is 65.0 Å². The van der Waals surface area contributed by atoms with Crippen LogP contribution < -0.4 is 15.0 Å². The second-order valence-corrected chi connectivity index (χ2v) is 7.55. The van der Waals surface area contributed by atoms with Crippen LogP contribution in [0.1, 0.15) is 19.8 Å². The predicted octanol–water partition coefficient (Wildman–Crippen LogP) is 3.07. The third-order valence-corrected chi connectivity index (χ3v) is 5.53. The molecule has 158 valence electrons. The van der Waals surface area contributed by atoms with Gasteiger partial charge in [-0.1, -0.05) is 6.07 Å². The topological polar surface area (TPSA) is 49.3 Å². The highest BCUT2D eigenvalue weighted by atomic mass is 127. The molecule has 0 amide bonds. The van der Waals surface area contributed by atoms with Gasteiger partial charge in [0, 0.05) is 64.0 Å². The summed E-state index contributed by atoms with van der Waals surface area (Å²) in [7, 11) is 3.51. The molecule has 1 aromatic carbocycles. The number of nitrogens with one attached hydrogen (secondary N) is 1. The predicted molar refractivity (Wildman–Crippen MR) is 126 cm³/mol. The number of hydrogen-bond acceptors (Lipinski definition) is 4. The van der Waals surface area contributed by atoms with Crippen LogP contribution in [0.15, 0.2) is 29.3 Å². The molecule has 28 heavy (non-hydrogen) atoms. The molecule has 7 heteroatoms. The first-order valence-electron chi connectivity index (χ1n) is 10.1. The normalized spacial score (nSPS) is 22.3. The van der Waals surface area contributed by atoms with Gasteiger partial charge in [-0.05, 0) is 37.8 Å². The molecule has 3 rings (SSSR count). The molecule has 0 radical (unpaired) electrons. The number of halogens is 1. The molecule has 1 N–H and O–H groups in total. The summed E-state index contributed by atoms with van der Waals surface area (Å²) in [4.78, 5) is 9.81. The first-order chi connectivity index (χ1) is 13.2. The molecular weight excluding hydrogens is 467 g/mol. The number of hydrogen-bond donors (Lipinski definition) is 1. The molecule has 0 saturated carbocycles. The molecule has 6 nitrogen and oxygen atoms in total. The van der Waals surface area contributed by atoms with E-state index in [1.165, 1.54) is 18.5 Å². The second-order valence-electron chi connectivity index (χ2n) is 7.55. The molecule has 2 aliphatic heterocycles. The lowest BCUT2D eigenvalue weighted by molar-refractivity contribution is 0.157. The maximum atomic E-state index is 5.36. The van der Waals surface area contributed by atoms with E-state index in [0.29, 0.717) is 11.8 Å². The fraction of sp³-hybridized carbons (Fsp3) is 0.667. The number of anilines is 1. The van der Waals surface area contributed by atoms with Gasteiger partial charge in [-0.15, -0.1) is 24.0 Å². The summed E-state index contributed by atoms with van der Waals surface area (Å²) in [6.45, 7) is 9.03. The van der Waals surface area contributed by atoms with Crippen molar-refractivity contribution in [3.63, 3.8) is 0 Å². The zero-order valence-corrected chi connectivity index (χ0v) is 19.7. The molecule has 1 aromatic rings. The van der Waals surface area contributed by atoms with Gasteiger partial charge >= 0.3 is 0 Å². The van der Waals surface area contributed by atoms with Gasteiger partial charge in [0.15, 0.2) is 5.96 Å². The van der Waals surface area contributed by atoms with Crippen LogP contribution in [0.25, 0.3) is 0 Å². The largest absolute Gasteiger partial charge is 0.497 e. The molecule has 2 aliphatic rings. The molecule has 2 fully saturated rings. The SMILES string of the molecule is CCNC(=NCC1CCN(c2cccc(OC)c2)C1)N1CCC(COC)C1.I. The zero-order chi connectivity index (χ0) is 19.1. The van der Waals surface area contributed by atoms with E-state index in [4.69, 9.17) is 14.5 Å². The summed E-state index contributed by atoms with van der Waals surface area (Å²) in [5.41, 5.74) is 1.25. The quantitative estimate of drug-likeness (QED) is 0.353. The van der Waals surface area contributed by atoms with Gasteiger partial charge in [-0.25, -0.2) is 0 Å². The number of methoxy groups -OCH3 is 2. The van der Waals surface area contributed by atoms with Crippen molar-refractivity contribution in [2.45, 2.75) is 19.8 Å². The van der Waals surface area contributed by atoms with E-state index in [9.17, 15) is 0 Å². The van der Waals surface area contributed by atoms with E-state index in [1.807, 2.05) is 6.07 Å². The molecule has 2 unspecified atom stereocenters. The number of guanidine groups is 1. The summed E-state index contributed by atoms with van der Waals surface area (Å²) < 4.78 is 10.7. The van der Waals surface area contributed by atoms with E-state index in [1.54, 1.807) is 14.2 Å². The summed E-state index contributed by atoms with van der Waals surface area (Å²) in [6, 6.07) is 8.35. The molecule has 2 atom stereocenters. The van der Waals surface area contributed by atoms with E-state index >= 15 is 0 Å². The summed E-state index contributed by atoms with van der Waals surface area (Å²) >= 11 is 0. The average molecular weight is 502 g/mol. The molecule has 0 aliphatic carbocycles. The van der Waals surface area contributed by atoms with Gasteiger partial charge in [-0.2, -0.15) is 0 Å². The minimum absolute atomic E-state index is 0. The number of nitrogens with zero attached hydrogens (tertiary/aromatic N) is 3. The second kappa shape index (κ2) is 11.7. The fourth-order valence-electron chi connectivity index (χ4n) is 4.06. The Morgan fingerprint density at radius 3 is 2.75 bits per heavy atom. The van der Waals surface area contributed by atoms with Crippen molar-refractivity contribution in [1.82, 2.24) is 10.2 Å². The van der Waals surface area contributed by atoms with Crippen molar-refractivity contribution >= 4 is 35.6 Å². The standard InChI is InChI=1S/C21H34N4O2.HI/c1-4-22-21(25-11-9-18(15-25)16-26-2)23-13-17-8-10-24(14-17)19-6-5-7-20(12-19)27-3;/h5-7,12,17-18H,4,8-11,13-16H2,1-3H3,(H,22,23);1H. The highest BCUT2D eigenvalue weighted by Crippen LogP contribution is 2.27. The van der Waals surface area contributed by atoms with E-state index in [-0.39, 0.29) is 24.0 Å². The molecular formula is C21H35IN4O2. The van der Waals surface area contributed by atoms with Crippen LogP contribution in [-0.4, -0.2) is 71.0 Å². The Bertz CT molecular complexity index is 628. The van der Waals surface area contributed by atoms with Crippen molar-refractivity contribution in [1.29, 1.82) is 0 Å². The third kappa shape index (κ3) is 6.14. The van der Waals surface area contributed by atoms with Gasteiger partial charge in [0.2, 0.25) is 0 Å². The monoisotopic (exact) mass is 502 g/mol. The molecule has 2 saturated heterocycles. The van der Waals surface area contributed by atoms with E-state index in [2.05, 4.69) is 40.2 Å². The Kier molecular flexibility index (Phi) is 9.64. The van der Waals surface area contributed by atoms with Crippen molar-refractivity contribution in [2.24, 2.45) is 16.8 Å². The summed E-state index contributed by atoms with van der Waals surface area (Å²) in [5.74, 6) is 3.20. The minimum Gasteiger partial charge on any atom is -0.497 e. The molecule has 0 bridgehead atoms. The van der Waals surface area contributed by atoms with Gasteiger partial charge in [0.25, 0.3) is 0 Å². The van der Waals surface area contributed by atoms with Gasteiger partial charge in [-0.3, -0.25) is 4.99 Å². The molecule has 0 aromatic heterocycles. The van der Waals surface area contributed by atoms with Crippen molar-refractivity contribution in [3.05, 3.63) is 24.3 Å². The van der Waals surface area contributed by atoms with Crippen molar-refractivity contribution < 1.29 is 9.47 Å². The highest BCUT2D eigenvalue weighted by molar-refractivity contribution is 14.0. The number of rotatable bonds is 7. The van der Waals surface area contributed by atoms with Crippen LogP contribution in [0.5, 0.6) is 5.75 Å². The van der Waals surface area contributed by atoms with Crippen LogP contribution in [0, 0.1) is 11.8 Å². The van der Waals surface area contributed by atoms with Crippen molar-refractivity contribution in [3.8, 4) is 5.75 Å². The Labute approximate surface area is 186 Å². The number of ether oxygens (including phenoxy) is 2. The number of benzene rings is 1. The minimum atomic E-state index is 0. The van der Waals surface area contributed by atoms with Crippen LogP contribution in [0.3, 0.4) is 0 Å². The lowest BCUT2D eigenvalue weighted by Gasteiger charge is -2.22.